The number of nitrogens with zero attached hydrogens (tertiary/aromatic N) is 3. The van der Waals surface area contributed by atoms with Crippen LogP contribution in [0.4, 0.5) is 17.1 Å². The fourth-order valence-electron chi connectivity index (χ4n) is 2.92. The molecule has 1 aromatic heterocycles. The highest BCUT2D eigenvalue weighted by Crippen LogP contribution is 2.31. The van der Waals surface area contributed by atoms with Crippen molar-refractivity contribution >= 4 is 49.8 Å². The molecular formula is C24H22BrN5O2. The van der Waals surface area contributed by atoms with Crippen LogP contribution < -0.4 is 10.6 Å². The molecule has 8 heteroatoms. The number of halogens is 1. The van der Waals surface area contributed by atoms with Gasteiger partial charge in [0, 0.05) is 34.5 Å². The molecule has 0 fully saturated rings. The van der Waals surface area contributed by atoms with Crippen LogP contribution in [0.5, 0.6) is 0 Å². The van der Waals surface area contributed by atoms with Crippen LogP contribution in [0.2, 0.25) is 0 Å². The minimum atomic E-state index is -0.422. The van der Waals surface area contributed by atoms with E-state index in [0.717, 1.165) is 10.2 Å². The van der Waals surface area contributed by atoms with Crippen LogP contribution in [-0.2, 0) is 9.53 Å². The van der Waals surface area contributed by atoms with Crippen molar-refractivity contribution in [2.45, 2.75) is 13.2 Å². The molecule has 1 atom stereocenters. The van der Waals surface area contributed by atoms with Crippen LogP contribution in [0.1, 0.15) is 12.5 Å². The number of fused-ring (bicyclic) bond motifs is 1. The molecule has 0 aliphatic rings. The topological polar surface area (TPSA) is 90.3 Å². The Kier molecular flexibility index (Phi) is 7.80. The third kappa shape index (κ3) is 5.83. The summed E-state index contributed by atoms with van der Waals surface area (Å²) in [5, 5.41) is 16.4. The first-order chi connectivity index (χ1) is 15.4. The number of methoxy groups -OCH3 is 1. The van der Waals surface area contributed by atoms with Gasteiger partial charge in [0.1, 0.15) is 12.3 Å². The van der Waals surface area contributed by atoms with E-state index in [1.807, 2.05) is 43.1 Å². The molecule has 0 aliphatic carbocycles. The molecule has 0 spiro atoms. The first kappa shape index (κ1) is 23.2. The standard InChI is InChI=1S/C24H22BrN5O2/c1-16(32-3)30(2)11-5-8-23(31)28-20-9-10-22-21(13-20)24(17(14-26)15-27-22)29-19-7-4-6-18(25)12-19/h4,6-7,9-10,12-13,15-16H,11H2,1-3H3,(H,27,29)(H,28,31). The Morgan fingerprint density at radius 2 is 2.09 bits per heavy atom. The lowest BCUT2D eigenvalue weighted by Crippen LogP contribution is -2.30. The van der Waals surface area contributed by atoms with Gasteiger partial charge >= 0.3 is 0 Å². The van der Waals surface area contributed by atoms with Gasteiger partial charge in [0.05, 0.1) is 23.3 Å². The average Bonchev–Trinajstić information content (AvgIpc) is 2.78. The Balaban J connectivity index is 1.86. The summed E-state index contributed by atoms with van der Waals surface area (Å²) in [5.41, 5.74) is 3.09. The lowest BCUT2D eigenvalue weighted by molar-refractivity contribution is -0.111. The predicted molar refractivity (Wildman–Crippen MR) is 129 cm³/mol. The Morgan fingerprint density at radius 3 is 2.81 bits per heavy atom. The van der Waals surface area contributed by atoms with Gasteiger partial charge in [0.25, 0.3) is 5.91 Å². The number of ether oxygens (including phenoxy) is 1. The van der Waals surface area contributed by atoms with Crippen molar-refractivity contribution in [1.29, 1.82) is 5.26 Å². The van der Waals surface area contributed by atoms with Crippen molar-refractivity contribution in [3.63, 3.8) is 0 Å². The lowest BCUT2D eigenvalue weighted by atomic mass is 10.1. The molecule has 7 nitrogen and oxygen atoms in total. The Hall–Kier alpha value is -3.43. The second-order valence-electron chi connectivity index (χ2n) is 7.03. The molecule has 2 aromatic carbocycles. The number of carbonyl (C=O) groups excluding carboxylic acids is 1. The molecular weight excluding hydrogens is 470 g/mol. The molecule has 162 valence electrons. The van der Waals surface area contributed by atoms with E-state index in [-0.39, 0.29) is 6.23 Å². The fourth-order valence-corrected chi connectivity index (χ4v) is 3.31. The number of nitrogens with one attached hydrogen (secondary N) is 2. The van der Waals surface area contributed by atoms with Gasteiger partial charge in [-0.1, -0.05) is 27.9 Å². The van der Waals surface area contributed by atoms with Gasteiger partial charge in [0.2, 0.25) is 0 Å². The Morgan fingerprint density at radius 1 is 1.28 bits per heavy atom. The predicted octanol–water partition coefficient (Wildman–Crippen LogP) is 4.48. The summed E-state index contributed by atoms with van der Waals surface area (Å²) in [7, 11) is 3.48. The van der Waals surface area contributed by atoms with E-state index in [2.05, 4.69) is 49.5 Å². The number of amides is 1. The summed E-state index contributed by atoms with van der Waals surface area (Å²) < 4.78 is 6.12. The van der Waals surface area contributed by atoms with Crippen LogP contribution in [0.25, 0.3) is 10.9 Å². The molecule has 0 radical (unpaired) electrons. The van der Waals surface area contributed by atoms with E-state index in [1.54, 1.807) is 25.3 Å². The van der Waals surface area contributed by atoms with E-state index < -0.39 is 5.91 Å². The summed E-state index contributed by atoms with van der Waals surface area (Å²) in [5.74, 6) is 5.00. The Bertz CT molecular complexity index is 1240. The average molecular weight is 492 g/mol. The molecule has 3 rings (SSSR count). The second-order valence-corrected chi connectivity index (χ2v) is 7.95. The summed E-state index contributed by atoms with van der Waals surface area (Å²) in [4.78, 5) is 18.5. The summed E-state index contributed by atoms with van der Waals surface area (Å²) in [6.45, 7) is 2.30. The number of benzene rings is 2. The molecule has 2 N–H and O–H groups in total. The smallest absolute Gasteiger partial charge is 0.300 e. The maximum atomic E-state index is 12.3. The van der Waals surface area contributed by atoms with Crippen molar-refractivity contribution in [3.8, 4) is 17.9 Å². The van der Waals surface area contributed by atoms with E-state index in [0.29, 0.717) is 34.4 Å². The quantitative estimate of drug-likeness (QED) is 0.390. The third-order valence-corrected chi connectivity index (χ3v) is 5.33. The zero-order valence-electron chi connectivity index (χ0n) is 17.9. The van der Waals surface area contributed by atoms with Crippen LogP contribution >= 0.6 is 15.9 Å². The number of nitriles is 1. The van der Waals surface area contributed by atoms with Crippen molar-refractivity contribution in [3.05, 3.63) is 58.7 Å². The molecule has 0 saturated carbocycles. The number of rotatable bonds is 6. The van der Waals surface area contributed by atoms with Gasteiger partial charge in [-0.3, -0.25) is 14.7 Å². The number of carbonyl (C=O) groups is 1. The summed E-state index contributed by atoms with van der Waals surface area (Å²) in [6.07, 6.45) is 1.44. The van der Waals surface area contributed by atoms with Gasteiger partial charge < -0.3 is 15.4 Å². The lowest BCUT2D eigenvalue weighted by Gasteiger charge is -2.20. The van der Waals surface area contributed by atoms with Gasteiger partial charge in [-0.05, 0) is 56.3 Å². The van der Waals surface area contributed by atoms with Gasteiger partial charge in [0.15, 0.2) is 0 Å². The van der Waals surface area contributed by atoms with Crippen LogP contribution in [0.3, 0.4) is 0 Å². The molecule has 0 saturated heterocycles. The SMILES string of the molecule is COC(C)N(C)CC#CC(=O)Nc1ccc2ncc(C#N)c(Nc3cccc(Br)c3)c2c1. The van der Waals surface area contributed by atoms with Gasteiger partial charge in [-0.25, -0.2) is 0 Å². The van der Waals surface area contributed by atoms with Crippen LogP contribution in [-0.4, -0.2) is 42.7 Å². The van der Waals surface area contributed by atoms with Crippen molar-refractivity contribution < 1.29 is 9.53 Å². The molecule has 0 aliphatic heterocycles. The normalized spacial score (nSPS) is 11.4. The zero-order valence-corrected chi connectivity index (χ0v) is 19.5. The van der Waals surface area contributed by atoms with Crippen LogP contribution in [0, 0.1) is 23.2 Å². The summed E-state index contributed by atoms with van der Waals surface area (Å²) in [6, 6.07) is 15.1. The maximum Gasteiger partial charge on any atom is 0.300 e. The molecule has 3 aromatic rings. The molecule has 32 heavy (non-hydrogen) atoms. The third-order valence-electron chi connectivity index (χ3n) is 4.83. The minimum absolute atomic E-state index is 0.0918. The second kappa shape index (κ2) is 10.7. The number of aromatic nitrogens is 1. The highest BCUT2D eigenvalue weighted by atomic mass is 79.9. The minimum Gasteiger partial charge on any atom is -0.367 e. The van der Waals surface area contributed by atoms with Gasteiger partial charge in [-0.15, -0.1) is 0 Å². The highest BCUT2D eigenvalue weighted by Gasteiger charge is 2.11. The molecule has 1 heterocycles. The fraction of sp³-hybridized carbons (Fsp3) is 0.208. The van der Waals surface area contributed by atoms with E-state index in [1.165, 1.54) is 6.20 Å². The number of hydrogen-bond acceptors (Lipinski definition) is 6. The monoisotopic (exact) mass is 491 g/mol. The molecule has 1 unspecified atom stereocenters. The van der Waals surface area contributed by atoms with Crippen molar-refractivity contribution in [1.82, 2.24) is 9.88 Å². The van der Waals surface area contributed by atoms with Gasteiger partial charge in [-0.2, -0.15) is 5.26 Å². The maximum absolute atomic E-state index is 12.3. The molecule has 0 bridgehead atoms. The first-order valence-electron chi connectivity index (χ1n) is 9.79. The zero-order chi connectivity index (χ0) is 23.1. The van der Waals surface area contributed by atoms with Crippen molar-refractivity contribution in [2.75, 3.05) is 31.3 Å². The first-order valence-corrected chi connectivity index (χ1v) is 10.6. The van der Waals surface area contributed by atoms with E-state index in [4.69, 9.17) is 4.74 Å². The van der Waals surface area contributed by atoms with E-state index in [9.17, 15) is 10.1 Å². The number of hydrogen-bond donors (Lipinski definition) is 2. The van der Waals surface area contributed by atoms with E-state index >= 15 is 0 Å². The van der Waals surface area contributed by atoms with Crippen LogP contribution in [0.15, 0.2) is 53.1 Å². The highest BCUT2D eigenvalue weighted by molar-refractivity contribution is 9.10. The van der Waals surface area contributed by atoms with Crippen molar-refractivity contribution in [2.24, 2.45) is 0 Å². The summed E-state index contributed by atoms with van der Waals surface area (Å²) >= 11 is 3.45. The largest absolute Gasteiger partial charge is 0.367 e. The number of pyridine rings is 1. The number of anilines is 3. The Labute approximate surface area is 195 Å². The molecule has 1 amide bonds.